The molecule has 0 aliphatic heterocycles. The van der Waals surface area contributed by atoms with E-state index in [0.717, 1.165) is 157 Å². The molecule has 0 radical (unpaired) electrons. The van der Waals surface area contributed by atoms with Crippen molar-refractivity contribution in [2.75, 3.05) is 17.3 Å². The minimum Gasteiger partial charge on any atom is -0.393 e. The fourth-order valence-corrected chi connectivity index (χ4v) is 35.5. The summed E-state index contributed by atoms with van der Waals surface area (Å²) in [6, 6.07) is 46.0. The van der Waals surface area contributed by atoms with Crippen LogP contribution in [0.15, 0.2) is 189 Å². The van der Waals surface area contributed by atoms with Crippen LogP contribution in [-0.4, -0.2) is 154 Å². The number of hydrogen-bond donors (Lipinski definition) is 6. The van der Waals surface area contributed by atoms with Gasteiger partial charge in [-0.3, -0.25) is 14.4 Å². The average molecular weight is 2000 g/mol. The zero-order valence-corrected chi connectivity index (χ0v) is 89.0. The highest BCUT2D eigenvalue weighted by Gasteiger charge is 2.72. The van der Waals surface area contributed by atoms with Crippen LogP contribution in [0.4, 0.5) is 0 Å². The molecule has 9 fully saturated rings. The predicted octanol–water partition coefficient (Wildman–Crippen LogP) is 22.7. The average Bonchev–Trinajstić information content (AvgIpc) is 1.52. The number of hydrogen-bond acceptors (Lipinski definition) is 21. The van der Waals surface area contributed by atoms with Crippen LogP contribution in [-0.2, 0) is 56.9 Å². The Hall–Kier alpha value is -8.83. The number of rotatable bonds is 15. The highest BCUT2D eigenvalue weighted by Crippen LogP contribution is 2.72. The monoisotopic (exact) mass is 2000 g/mol. The van der Waals surface area contributed by atoms with Crippen LogP contribution in [0.3, 0.4) is 0 Å². The molecule has 12 aliphatic rings. The van der Waals surface area contributed by atoms with Gasteiger partial charge < -0.3 is 35.2 Å². The number of thiazole rings is 2. The topological polar surface area (TPSA) is 283 Å². The molecule has 0 saturated heterocycles. The van der Waals surface area contributed by atoms with Crippen LogP contribution in [0.1, 0.15) is 251 Å². The lowest BCUT2D eigenvalue weighted by Crippen LogP contribution is -2.62. The standard InChI is InChI=1S/C40H48N4O3S.C39H45N3O3S2.C38H44N4O3S2/c1-37(2,3)25-11-14-27(15-12-25)44-32-19-26-13-16-28-29-17-18-40(47,34(46)23-48-36-42-30-9-7-8-10-31(30)43(36)6)39(29,5)21-33(45)35(28)38(26,4)20-24(32)22-41-44;1-36(2,3)24-10-13-26(14-11-24)42-30-18-25-12-15-27-28-16-17-39(45,33(44)22-46-35-41-29-8-6-7-9-32(29)47-35)38(28,5)20-31(43)34(27)37(25,4)19-23(30)21-40-42;1-35(2,3)23-8-11-25(12-9-23)42-29-17-24-10-13-26-27-14-15-38(45,31(44)21-46-34-41-28-7-6-16-39-33(28)47-34)37(27,5)19-30(43)32(26)36(24,4)18-22(29)20-40-42/h7-12,14-15,19,22,28-29,33,35,45,47H,13,16-18,20-21,23H2,1-6H3;6-11,13-14,18,21,27-28,31,34,43,45H,12,15-17,19-20,22H2,1-5H3;6-9,11-12,16-17,20,26-27,30,32,43,45H,10,13-15,18-19,21H2,1-5H3/t28?,29?,33-,35?,38?,39?,40-;27?,28?,31-,34?,37?,38?,39-;26?,27?,30-,32?,36?,37?,38-/m000/s1. The van der Waals surface area contributed by atoms with Crippen LogP contribution in [0.5, 0.6) is 0 Å². The van der Waals surface area contributed by atoms with Crippen LogP contribution < -0.4 is 0 Å². The smallest absolute Gasteiger partial charge is 0.175 e. The minimum atomic E-state index is -1.46. The predicted molar refractivity (Wildman–Crippen MR) is 569 cm³/mol. The number of fused-ring (bicyclic) bond motifs is 21. The Morgan fingerprint density at radius 1 is 0.415 bits per heavy atom. The summed E-state index contributed by atoms with van der Waals surface area (Å²) in [6.45, 7) is 33.4. The van der Waals surface area contributed by atoms with Gasteiger partial charge in [-0.1, -0.05) is 228 Å². The molecule has 7 aromatic heterocycles. The van der Waals surface area contributed by atoms with Crippen molar-refractivity contribution in [1.29, 1.82) is 0 Å². The zero-order valence-electron chi connectivity index (χ0n) is 84.9. The Morgan fingerprint density at radius 3 is 1.13 bits per heavy atom. The molecule has 15 unspecified atom stereocenters. The molecule has 0 bridgehead atoms. The van der Waals surface area contributed by atoms with E-state index in [1.807, 2.05) is 90.9 Å². The largest absolute Gasteiger partial charge is 0.393 e. The van der Waals surface area contributed by atoms with Crippen molar-refractivity contribution in [2.45, 2.75) is 285 Å². The summed E-state index contributed by atoms with van der Waals surface area (Å²) in [4.78, 5) is 61.1. The number of imidazole rings is 1. The molecule has 25 heteroatoms. The Labute approximate surface area is 854 Å². The number of aliphatic hydroxyl groups excluding tert-OH is 3. The van der Waals surface area contributed by atoms with Crippen LogP contribution in [0.2, 0.25) is 0 Å². The Kier molecular flexibility index (Phi) is 24.3. The molecule has 0 amide bonds. The molecule has 12 aliphatic carbocycles. The first kappa shape index (κ1) is 97.9. The molecule has 142 heavy (non-hydrogen) atoms. The second-order valence-electron chi connectivity index (χ2n) is 48.7. The molecule has 24 rings (SSSR count). The van der Waals surface area contributed by atoms with Crippen molar-refractivity contribution in [3.63, 3.8) is 0 Å². The lowest BCUT2D eigenvalue weighted by Gasteiger charge is -2.60. The Balaban J connectivity index is 0.000000122. The summed E-state index contributed by atoms with van der Waals surface area (Å²) in [6.07, 6.45) is 26.5. The number of nitrogens with zero attached hydrogens (tertiary/aromatic N) is 11. The van der Waals surface area contributed by atoms with Crippen LogP contribution in [0.25, 0.3) is 66.9 Å². The summed E-state index contributed by atoms with van der Waals surface area (Å²) in [5, 5.41) is 88.3. The van der Waals surface area contributed by atoms with E-state index in [0.29, 0.717) is 38.5 Å². The van der Waals surface area contributed by atoms with E-state index in [-0.39, 0.29) is 120 Å². The van der Waals surface area contributed by atoms with Gasteiger partial charge in [0, 0.05) is 29.5 Å². The van der Waals surface area contributed by atoms with E-state index in [9.17, 15) is 45.0 Å². The SMILES string of the molecule is CC(C)(C)c1ccc(-n2ncc3c2C=C2CCC4C([C@@H](O)CC5(C)C4CC[C@]5(O)C(=O)CSc4nc5ccccc5s4)C2(C)C3)cc1.CC(C)(C)c1ccc(-n2ncc3c2C=C2CCC4C([C@@H](O)CC5(C)C4CC[C@]5(O)C(=O)CSc4nc5cccnc5s4)C2(C)C3)cc1.Cn1c(SCC(=O)[C@@]2(O)CCC3C4CCC5=Cc6c(cnn6-c6ccc(C(C)(C)C)cc6)CC5(C)C4[C@@H](O)CC32C)nc2ccccc21. The molecule has 9 saturated carbocycles. The van der Waals surface area contributed by atoms with Gasteiger partial charge in [-0.15, -0.1) is 11.3 Å². The van der Waals surface area contributed by atoms with E-state index < -0.39 is 51.4 Å². The van der Waals surface area contributed by atoms with Gasteiger partial charge >= 0.3 is 0 Å². The number of aliphatic hydroxyl groups is 6. The van der Waals surface area contributed by atoms with Gasteiger partial charge in [0.25, 0.3) is 0 Å². The third-order valence-electron chi connectivity index (χ3n) is 38.2. The van der Waals surface area contributed by atoms with Crippen LogP contribution >= 0.6 is 58.0 Å². The van der Waals surface area contributed by atoms with Crippen molar-refractivity contribution >= 4 is 125 Å². The summed E-state index contributed by atoms with van der Waals surface area (Å²) in [7, 11) is 1.97. The van der Waals surface area contributed by atoms with Gasteiger partial charge in [0.15, 0.2) is 31.2 Å². The van der Waals surface area contributed by atoms with Crippen molar-refractivity contribution < 1.29 is 45.0 Å². The molecule has 5 aromatic carbocycles. The third kappa shape index (κ3) is 15.7. The minimum absolute atomic E-state index is 0.0740. The zero-order chi connectivity index (χ0) is 99.7. The highest BCUT2D eigenvalue weighted by molar-refractivity contribution is 8.02. The molecular weight excluding hydrogens is 1860 g/mol. The van der Waals surface area contributed by atoms with Crippen LogP contribution in [0, 0.1) is 85.8 Å². The summed E-state index contributed by atoms with van der Waals surface area (Å²) >= 11 is 7.30. The quantitative estimate of drug-likeness (QED) is 0.0520. The van der Waals surface area contributed by atoms with Crippen molar-refractivity contribution in [3.8, 4) is 17.1 Å². The molecule has 744 valence electrons. The second kappa shape index (κ2) is 35.2. The van der Waals surface area contributed by atoms with Crippen molar-refractivity contribution in [1.82, 2.24) is 53.8 Å². The molecule has 21 atom stereocenters. The number of para-hydroxylation sites is 3. The van der Waals surface area contributed by atoms with E-state index in [1.165, 1.54) is 96.7 Å². The van der Waals surface area contributed by atoms with Gasteiger partial charge in [-0.05, 0) is 326 Å². The summed E-state index contributed by atoms with van der Waals surface area (Å²) in [5.41, 5.74) is 15.5. The molecule has 20 nitrogen and oxygen atoms in total. The van der Waals surface area contributed by atoms with Gasteiger partial charge in [0.2, 0.25) is 0 Å². The number of aryl methyl sites for hydroxylation is 1. The molecule has 6 N–H and O–H groups in total. The summed E-state index contributed by atoms with van der Waals surface area (Å²) < 4.78 is 11.0. The number of Topliss-reactive ketones (excluding diaryl/α,β-unsaturated/α-hetero) is 3. The van der Waals surface area contributed by atoms with Gasteiger partial charge in [0.1, 0.15) is 27.2 Å². The number of allylic oxidation sites excluding steroid dienone is 3. The number of ketones is 3. The lowest BCUT2D eigenvalue weighted by molar-refractivity contribution is -0.178. The number of thioether (sulfide) groups is 3. The fourth-order valence-electron chi connectivity index (χ4n) is 30.6. The van der Waals surface area contributed by atoms with E-state index in [1.54, 1.807) is 17.5 Å². The number of aromatic nitrogens is 11. The second-order valence-corrected chi connectivity index (χ2v) is 54.1. The van der Waals surface area contributed by atoms with Gasteiger partial charge in [0.05, 0.1) is 110 Å². The molecule has 7 heterocycles. The highest BCUT2D eigenvalue weighted by atomic mass is 32.2. The Morgan fingerprint density at radius 2 is 0.761 bits per heavy atom. The number of carbonyl (C=O) groups excluding carboxylic acids is 3. The van der Waals surface area contributed by atoms with Gasteiger partial charge in [-0.2, -0.15) is 15.3 Å². The molecular formula is C117H137N11O9S5. The first-order valence-electron chi connectivity index (χ1n) is 51.7. The maximum Gasteiger partial charge on any atom is 0.175 e. The van der Waals surface area contributed by atoms with E-state index in [2.05, 4.69) is 224 Å². The first-order chi connectivity index (χ1) is 67.4. The van der Waals surface area contributed by atoms with Crippen molar-refractivity contribution in [2.24, 2.45) is 92.8 Å². The number of benzene rings is 5. The first-order valence-corrected chi connectivity index (χ1v) is 56.3. The normalized spacial score (nSPS) is 33.0. The van der Waals surface area contributed by atoms with Gasteiger partial charge in [-0.25, -0.2) is 34.0 Å². The third-order valence-corrected chi connectivity index (χ3v) is 43.5. The molecule has 0 spiro atoms. The molecule has 12 aromatic rings. The van der Waals surface area contributed by atoms with E-state index >= 15 is 0 Å². The van der Waals surface area contributed by atoms with Crippen molar-refractivity contribution in [3.05, 3.63) is 225 Å². The lowest BCUT2D eigenvalue weighted by atomic mass is 9.45. The maximum absolute atomic E-state index is 14.0. The fraction of sp³-hybridized carbons (Fsp3) is 0.521. The number of carbonyl (C=O) groups is 3. The Bertz CT molecular complexity index is 6740. The number of pyridine rings is 1. The summed E-state index contributed by atoms with van der Waals surface area (Å²) in [5.74, 6) is 1.67. The van der Waals surface area contributed by atoms with E-state index in [4.69, 9.17) is 20.3 Å². The maximum atomic E-state index is 14.0.